The van der Waals surface area contributed by atoms with Crippen LogP contribution in [0.5, 0.6) is 0 Å². The average Bonchev–Trinajstić information content (AvgIpc) is 3.38. The van der Waals surface area contributed by atoms with Gasteiger partial charge in [-0.15, -0.1) is 0 Å². The number of thioether (sulfide) groups is 1. The Balaban J connectivity index is 1.67. The van der Waals surface area contributed by atoms with E-state index < -0.39 is 31.0 Å². The smallest absolute Gasteiger partial charge is 0.286 e. The molecular formula is C25H31N2O5S3Te+. The number of benzene rings is 1. The molecule has 36 heavy (non-hydrogen) atoms. The van der Waals surface area contributed by atoms with E-state index in [1.165, 1.54) is 19.2 Å². The molecule has 2 aliphatic rings. The fourth-order valence-corrected chi connectivity index (χ4v) is 10.9. The molecule has 0 aliphatic carbocycles. The molecule has 0 amide bonds. The minimum atomic E-state index is -3.99. The summed E-state index contributed by atoms with van der Waals surface area (Å²) in [5.74, 6) is 0.659. The Morgan fingerprint density at radius 3 is 2.72 bits per heavy atom. The minimum absolute atomic E-state index is 0.0505. The van der Waals surface area contributed by atoms with Crippen molar-refractivity contribution in [1.29, 1.82) is 0 Å². The van der Waals surface area contributed by atoms with Crippen LogP contribution in [-0.4, -0.2) is 64.6 Å². The number of allylic oxidation sites excluding steroid dienone is 2. The van der Waals surface area contributed by atoms with E-state index >= 15 is 0 Å². The molecule has 11 heteroatoms. The molecule has 4 rings (SSSR count). The molecule has 0 spiro atoms. The van der Waals surface area contributed by atoms with E-state index in [4.69, 9.17) is 9.47 Å². The van der Waals surface area contributed by atoms with Crippen LogP contribution in [0.3, 0.4) is 0 Å². The second-order valence-corrected chi connectivity index (χ2v) is 14.9. The molecule has 1 aromatic heterocycles. The molecular weight excluding hydrogens is 632 g/mol. The number of ether oxygens (including phenoxy) is 2. The van der Waals surface area contributed by atoms with Crippen molar-refractivity contribution in [2.45, 2.75) is 42.3 Å². The molecule has 0 radical (unpaired) electrons. The number of aromatic nitrogens is 1. The van der Waals surface area contributed by atoms with Gasteiger partial charge in [0.2, 0.25) is 0 Å². The van der Waals surface area contributed by atoms with E-state index in [-0.39, 0.29) is 9.90 Å². The first-order chi connectivity index (χ1) is 17.3. The quantitative estimate of drug-likeness (QED) is 0.235. The topological polar surface area (TPSA) is 80.0 Å². The molecule has 0 saturated heterocycles. The van der Waals surface area contributed by atoms with Crippen molar-refractivity contribution < 1.29 is 27.0 Å². The van der Waals surface area contributed by atoms with Crippen LogP contribution in [0.1, 0.15) is 36.6 Å². The maximum absolute atomic E-state index is 11.3. The van der Waals surface area contributed by atoms with Crippen LogP contribution in [0.2, 0.25) is 0 Å². The van der Waals surface area contributed by atoms with Gasteiger partial charge in [-0.1, -0.05) is 0 Å². The Bertz CT molecular complexity index is 1320. The fraction of sp³-hybridized carbons (Fsp3) is 0.400. The first-order valence-electron chi connectivity index (χ1n) is 11.7. The standard InChI is InChI=1S/C25H30N2O5S3Te/c1-5-17(14-22-26(6-2)24-21(34-22)16-19(31-3)25(32-4)36-24)15-23-27(12-9-13-35(28,29)30)18-10-7-8-11-20(18)33-23/h7-8,10-11,14-16,25H,5-6,9,12-13H2,1-4H3/p+1. The summed E-state index contributed by atoms with van der Waals surface area (Å²) in [5, 5.41) is 2.28. The second-order valence-electron chi connectivity index (χ2n) is 8.21. The van der Waals surface area contributed by atoms with Crippen molar-refractivity contribution in [1.82, 2.24) is 0 Å². The second kappa shape index (κ2) is 12.0. The predicted octanol–water partition coefficient (Wildman–Crippen LogP) is 3.88. The SMILES string of the molecule is CCC(=Cc1sc2c([n+]1CC)[Te]C(OC)C(OC)=C2)C=C1Sc2ccccc2N1CCCS(=O)(=O)O. The Kier molecular flexibility index (Phi) is 9.26. The molecule has 1 unspecified atom stereocenters. The molecule has 3 heterocycles. The first kappa shape index (κ1) is 27.7. The van der Waals surface area contributed by atoms with Gasteiger partial charge in [-0.25, -0.2) is 0 Å². The van der Waals surface area contributed by atoms with E-state index in [0.717, 1.165) is 34.3 Å². The van der Waals surface area contributed by atoms with Gasteiger partial charge >= 0.3 is 220 Å². The van der Waals surface area contributed by atoms with Crippen molar-refractivity contribution in [3.8, 4) is 0 Å². The summed E-state index contributed by atoms with van der Waals surface area (Å²) in [4.78, 5) is 4.56. The normalized spacial score (nSPS) is 18.9. The third-order valence-corrected chi connectivity index (χ3v) is 13.0. The summed E-state index contributed by atoms with van der Waals surface area (Å²) in [7, 11) is -0.532. The van der Waals surface area contributed by atoms with E-state index in [2.05, 4.69) is 53.7 Å². The summed E-state index contributed by atoms with van der Waals surface area (Å²) in [6.07, 6.45) is 7.82. The van der Waals surface area contributed by atoms with Gasteiger partial charge < -0.3 is 0 Å². The summed E-state index contributed by atoms with van der Waals surface area (Å²) in [6, 6.07) is 8.15. The Hall–Kier alpha value is -1.32. The summed E-state index contributed by atoms with van der Waals surface area (Å²) in [5.41, 5.74) is 2.27. The Morgan fingerprint density at radius 1 is 1.28 bits per heavy atom. The summed E-state index contributed by atoms with van der Waals surface area (Å²) < 4.78 is 46.9. The van der Waals surface area contributed by atoms with Crippen LogP contribution in [0, 0.1) is 0 Å². The van der Waals surface area contributed by atoms with Gasteiger partial charge in [0, 0.05) is 0 Å². The van der Waals surface area contributed by atoms with Crippen LogP contribution >= 0.6 is 23.1 Å². The average molecular weight is 663 g/mol. The third kappa shape index (κ3) is 6.21. The van der Waals surface area contributed by atoms with Crippen LogP contribution < -0.4 is 13.2 Å². The van der Waals surface area contributed by atoms with Gasteiger partial charge in [0.15, 0.2) is 0 Å². The third-order valence-electron chi connectivity index (χ3n) is 5.87. The number of thiazole rings is 1. The van der Waals surface area contributed by atoms with Gasteiger partial charge in [-0.2, -0.15) is 8.42 Å². The Labute approximate surface area is 231 Å². The number of rotatable bonds is 10. The van der Waals surface area contributed by atoms with Gasteiger partial charge in [0.1, 0.15) is 0 Å². The van der Waals surface area contributed by atoms with Crippen molar-refractivity contribution in [3.63, 3.8) is 0 Å². The van der Waals surface area contributed by atoms with Crippen molar-refractivity contribution in [2.24, 2.45) is 0 Å². The fourth-order valence-electron chi connectivity index (χ4n) is 4.10. The molecule has 1 aromatic carbocycles. The zero-order valence-electron chi connectivity index (χ0n) is 20.8. The number of hydrogen-bond donors (Lipinski definition) is 1. The molecule has 1 atom stereocenters. The number of nitrogens with zero attached hydrogens (tertiary/aromatic N) is 2. The number of para-hydroxylation sites is 1. The zero-order chi connectivity index (χ0) is 25.9. The number of hydrogen-bond acceptors (Lipinski definition) is 7. The molecule has 0 fully saturated rings. The van der Waals surface area contributed by atoms with Crippen LogP contribution in [0.15, 0.2) is 51.6 Å². The summed E-state index contributed by atoms with van der Waals surface area (Å²) in [6.45, 7) is 5.74. The van der Waals surface area contributed by atoms with Crippen LogP contribution in [-0.2, 0) is 26.1 Å². The van der Waals surface area contributed by atoms with Crippen molar-refractivity contribution in [2.75, 3.05) is 31.4 Å². The van der Waals surface area contributed by atoms with Crippen LogP contribution in [0.25, 0.3) is 12.2 Å². The van der Waals surface area contributed by atoms with E-state index in [0.29, 0.717) is 13.0 Å². The van der Waals surface area contributed by atoms with Crippen LogP contribution in [0.4, 0.5) is 5.69 Å². The number of fused-ring (bicyclic) bond motifs is 2. The molecule has 1 N–H and O–H groups in total. The van der Waals surface area contributed by atoms with Gasteiger partial charge in [-0.3, -0.25) is 4.55 Å². The maximum atomic E-state index is 11.3. The molecule has 194 valence electrons. The molecule has 0 saturated carbocycles. The molecule has 2 aliphatic heterocycles. The predicted molar refractivity (Wildman–Crippen MR) is 148 cm³/mol. The molecule has 0 bridgehead atoms. The van der Waals surface area contributed by atoms with Crippen molar-refractivity contribution >= 4 is 75.7 Å². The minimum Gasteiger partial charge on any atom is -0.286 e. The van der Waals surface area contributed by atoms with Gasteiger partial charge in [0.05, 0.1) is 0 Å². The van der Waals surface area contributed by atoms with Crippen molar-refractivity contribution in [3.05, 3.63) is 56.6 Å². The van der Waals surface area contributed by atoms with Gasteiger partial charge in [-0.05, 0) is 0 Å². The van der Waals surface area contributed by atoms with Gasteiger partial charge in [0.25, 0.3) is 0 Å². The first-order valence-corrected chi connectivity index (χ1v) is 17.5. The number of methoxy groups -OCH3 is 2. The van der Waals surface area contributed by atoms with E-state index in [1.54, 1.807) is 37.3 Å². The van der Waals surface area contributed by atoms with E-state index in [9.17, 15) is 13.0 Å². The summed E-state index contributed by atoms with van der Waals surface area (Å²) >= 11 is 2.88. The Morgan fingerprint density at radius 2 is 2.06 bits per heavy atom. The monoisotopic (exact) mass is 665 g/mol. The molecule has 2 aromatic rings. The van der Waals surface area contributed by atoms with E-state index in [1.807, 2.05) is 12.1 Å². The number of anilines is 1. The zero-order valence-corrected chi connectivity index (χ0v) is 25.5. The molecule has 7 nitrogen and oxygen atoms in total.